The topological polar surface area (TPSA) is 97.1 Å². The van der Waals surface area contributed by atoms with Gasteiger partial charge in [0.05, 0.1) is 17.8 Å². The van der Waals surface area contributed by atoms with Gasteiger partial charge in [0.2, 0.25) is 5.91 Å². The predicted octanol–water partition coefficient (Wildman–Crippen LogP) is 2.07. The van der Waals surface area contributed by atoms with Crippen molar-refractivity contribution in [2.75, 3.05) is 0 Å². The molecule has 7 nitrogen and oxygen atoms in total. The molecule has 0 aliphatic carbocycles. The largest absolute Gasteiger partial charge is 0.480 e. The minimum absolute atomic E-state index is 0.0608. The Morgan fingerprint density at radius 2 is 1.69 bits per heavy atom. The fraction of sp³-hybridized carbons (Fsp3) is 0.158. The third-order valence-corrected chi connectivity index (χ3v) is 3.86. The summed E-state index contributed by atoms with van der Waals surface area (Å²) in [5.41, 5.74) is 2.88. The van der Waals surface area contributed by atoms with E-state index < -0.39 is 17.9 Å². The molecule has 26 heavy (non-hydrogen) atoms. The van der Waals surface area contributed by atoms with Gasteiger partial charge in [0.15, 0.2) is 0 Å². The molecule has 1 heterocycles. The van der Waals surface area contributed by atoms with Crippen molar-refractivity contribution in [3.63, 3.8) is 0 Å². The first kappa shape index (κ1) is 17.3. The summed E-state index contributed by atoms with van der Waals surface area (Å²) in [7, 11) is 0. The molecule has 2 aromatic carbocycles. The van der Waals surface area contributed by atoms with Crippen molar-refractivity contribution in [2.45, 2.75) is 19.4 Å². The molecule has 0 bridgehead atoms. The van der Waals surface area contributed by atoms with E-state index >= 15 is 0 Å². The van der Waals surface area contributed by atoms with E-state index in [1.165, 1.54) is 6.92 Å². The SMILES string of the molecule is CC(NC(=O)Cc1nnn(-c2ccccc2)c1-c1ccccc1)C(=O)O. The molecule has 132 valence electrons. The Bertz CT molecular complexity index is 907. The molecule has 0 fully saturated rings. The fourth-order valence-electron chi connectivity index (χ4n) is 2.57. The molecule has 2 N–H and O–H groups in total. The summed E-state index contributed by atoms with van der Waals surface area (Å²) in [5.74, 6) is -1.51. The molecular formula is C19H18N4O3. The highest BCUT2D eigenvalue weighted by Crippen LogP contribution is 2.25. The Morgan fingerprint density at radius 1 is 1.08 bits per heavy atom. The molecule has 0 saturated heterocycles. The first-order chi connectivity index (χ1) is 12.6. The van der Waals surface area contributed by atoms with E-state index in [1.54, 1.807) is 4.68 Å². The zero-order valence-corrected chi connectivity index (χ0v) is 14.2. The van der Waals surface area contributed by atoms with E-state index in [2.05, 4.69) is 15.6 Å². The number of hydrogen-bond donors (Lipinski definition) is 2. The zero-order chi connectivity index (χ0) is 18.5. The van der Waals surface area contributed by atoms with Crippen LogP contribution in [0.2, 0.25) is 0 Å². The van der Waals surface area contributed by atoms with Crippen molar-refractivity contribution in [3.8, 4) is 16.9 Å². The van der Waals surface area contributed by atoms with Crippen LogP contribution < -0.4 is 5.32 Å². The van der Waals surface area contributed by atoms with Gasteiger partial charge in [-0.3, -0.25) is 9.59 Å². The molecule has 1 amide bonds. The Kier molecular flexibility index (Phi) is 5.07. The van der Waals surface area contributed by atoms with Crippen molar-refractivity contribution >= 4 is 11.9 Å². The number of amides is 1. The molecule has 7 heteroatoms. The second-order valence-electron chi connectivity index (χ2n) is 5.80. The smallest absolute Gasteiger partial charge is 0.325 e. The highest BCUT2D eigenvalue weighted by Gasteiger charge is 2.20. The Balaban J connectivity index is 1.97. The van der Waals surface area contributed by atoms with Crippen LogP contribution in [0.25, 0.3) is 16.9 Å². The number of para-hydroxylation sites is 1. The van der Waals surface area contributed by atoms with Gasteiger partial charge in [-0.05, 0) is 19.1 Å². The molecule has 3 rings (SSSR count). The van der Waals surface area contributed by atoms with Gasteiger partial charge in [0.1, 0.15) is 11.7 Å². The number of carboxylic acid groups (broad SMARTS) is 1. The average molecular weight is 350 g/mol. The van der Waals surface area contributed by atoms with Gasteiger partial charge in [-0.25, -0.2) is 4.68 Å². The van der Waals surface area contributed by atoms with Gasteiger partial charge in [-0.1, -0.05) is 53.7 Å². The lowest BCUT2D eigenvalue weighted by Gasteiger charge is -2.10. The van der Waals surface area contributed by atoms with Crippen LogP contribution in [0.5, 0.6) is 0 Å². The summed E-state index contributed by atoms with van der Waals surface area (Å²) >= 11 is 0. The van der Waals surface area contributed by atoms with Crippen LogP contribution in [0.15, 0.2) is 60.7 Å². The summed E-state index contributed by atoms with van der Waals surface area (Å²) in [5, 5.41) is 19.7. The van der Waals surface area contributed by atoms with Crippen molar-refractivity contribution in [1.82, 2.24) is 20.3 Å². The van der Waals surface area contributed by atoms with Crippen molar-refractivity contribution in [2.24, 2.45) is 0 Å². The Morgan fingerprint density at radius 3 is 2.31 bits per heavy atom. The van der Waals surface area contributed by atoms with Crippen LogP contribution in [0.3, 0.4) is 0 Å². The summed E-state index contributed by atoms with van der Waals surface area (Å²) in [4.78, 5) is 23.1. The first-order valence-electron chi connectivity index (χ1n) is 8.14. The first-order valence-corrected chi connectivity index (χ1v) is 8.14. The number of benzene rings is 2. The molecule has 1 aromatic heterocycles. The van der Waals surface area contributed by atoms with Gasteiger partial charge >= 0.3 is 5.97 Å². The van der Waals surface area contributed by atoms with Gasteiger partial charge < -0.3 is 10.4 Å². The van der Waals surface area contributed by atoms with Crippen LogP contribution in [0, 0.1) is 0 Å². The molecule has 0 saturated carbocycles. The van der Waals surface area contributed by atoms with Gasteiger partial charge in [-0.2, -0.15) is 0 Å². The number of aliphatic carboxylic acids is 1. The third kappa shape index (κ3) is 3.77. The van der Waals surface area contributed by atoms with E-state index in [4.69, 9.17) is 5.11 Å². The van der Waals surface area contributed by atoms with Gasteiger partial charge in [0.25, 0.3) is 0 Å². The van der Waals surface area contributed by atoms with E-state index in [0.29, 0.717) is 11.4 Å². The maximum Gasteiger partial charge on any atom is 0.325 e. The molecule has 0 aliphatic heterocycles. The molecule has 0 radical (unpaired) electrons. The van der Waals surface area contributed by atoms with E-state index in [1.807, 2.05) is 60.7 Å². The van der Waals surface area contributed by atoms with E-state index in [0.717, 1.165) is 11.3 Å². The second-order valence-corrected chi connectivity index (χ2v) is 5.80. The van der Waals surface area contributed by atoms with Gasteiger partial charge in [-0.15, -0.1) is 5.10 Å². The summed E-state index contributed by atoms with van der Waals surface area (Å²) in [6, 6.07) is 18.1. The lowest BCUT2D eigenvalue weighted by Crippen LogP contribution is -2.39. The summed E-state index contributed by atoms with van der Waals surface area (Å²) < 4.78 is 1.68. The monoisotopic (exact) mass is 350 g/mol. The predicted molar refractivity (Wildman–Crippen MR) is 95.7 cm³/mol. The summed E-state index contributed by atoms with van der Waals surface area (Å²) in [6.45, 7) is 1.42. The number of nitrogens with one attached hydrogen (secondary N) is 1. The van der Waals surface area contributed by atoms with Crippen LogP contribution in [-0.2, 0) is 16.0 Å². The Hall–Kier alpha value is -3.48. The van der Waals surface area contributed by atoms with Crippen LogP contribution in [-0.4, -0.2) is 38.0 Å². The van der Waals surface area contributed by atoms with Gasteiger partial charge in [0, 0.05) is 5.56 Å². The number of carbonyl (C=O) groups is 2. The van der Waals surface area contributed by atoms with Crippen molar-refractivity contribution < 1.29 is 14.7 Å². The lowest BCUT2D eigenvalue weighted by molar-refractivity contribution is -0.141. The van der Waals surface area contributed by atoms with Crippen molar-refractivity contribution in [1.29, 1.82) is 0 Å². The molecule has 1 unspecified atom stereocenters. The van der Waals surface area contributed by atoms with Crippen LogP contribution in [0.1, 0.15) is 12.6 Å². The van der Waals surface area contributed by atoms with Crippen LogP contribution >= 0.6 is 0 Å². The number of rotatable bonds is 6. The molecule has 0 aliphatic rings. The van der Waals surface area contributed by atoms with Crippen molar-refractivity contribution in [3.05, 3.63) is 66.4 Å². The fourth-order valence-corrected chi connectivity index (χ4v) is 2.57. The third-order valence-electron chi connectivity index (χ3n) is 3.86. The quantitative estimate of drug-likeness (QED) is 0.709. The van der Waals surface area contributed by atoms with Crippen LogP contribution in [0.4, 0.5) is 0 Å². The number of nitrogens with zero attached hydrogens (tertiary/aromatic N) is 3. The molecule has 0 spiro atoms. The summed E-state index contributed by atoms with van der Waals surface area (Å²) in [6.07, 6.45) is -0.0608. The zero-order valence-electron chi connectivity index (χ0n) is 14.2. The maximum atomic E-state index is 12.2. The highest BCUT2D eigenvalue weighted by molar-refractivity contribution is 5.85. The molecule has 1 atom stereocenters. The average Bonchev–Trinajstić information content (AvgIpc) is 3.06. The highest BCUT2D eigenvalue weighted by atomic mass is 16.4. The minimum atomic E-state index is -1.09. The normalized spacial score (nSPS) is 11.7. The Labute approximate surface area is 150 Å². The number of carboxylic acids is 1. The maximum absolute atomic E-state index is 12.2. The van der Waals surface area contributed by atoms with E-state index in [9.17, 15) is 9.59 Å². The second kappa shape index (κ2) is 7.60. The standard InChI is InChI=1S/C19H18N4O3/c1-13(19(25)26)20-17(24)12-16-18(14-8-4-2-5-9-14)23(22-21-16)15-10-6-3-7-11-15/h2-11,13H,12H2,1H3,(H,20,24)(H,25,26). The number of hydrogen-bond acceptors (Lipinski definition) is 4. The lowest BCUT2D eigenvalue weighted by atomic mass is 10.1. The molecule has 3 aromatic rings. The number of aromatic nitrogens is 3. The minimum Gasteiger partial charge on any atom is -0.480 e. The van der Waals surface area contributed by atoms with E-state index in [-0.39, 0.29) is 6.42 Å². The molecular weight excluding hydrogens is 332 g/mol. The number of carbonyl (C=O) groups excluding carboxylic acids is 1.